The minimum absolute atomic E-state index is 0.0214. The number of nitrogens with zero attached hydrogens (tertiary/aromatic N) is 1. The lowest BCUT2D eigenvalue weighted by molar-refractivity contribution is -0.384. The molecule has 0 radical (unpaired) electrons. The van der Waals surface area contributed by atoms with Gasteiger partial charge in [0, 0.05) is 40.6 Å². The van der Waals surface area contributed by atoms with Crippen molar-refractivity contribution in [1.29, 1.82) is 0 Å². The van der Waals surface area contributed by atoms with Gasteiger partial charge in [0.05, 0.1) is 17.8 Å². The molecule has 2 aromatic heterocycles. The van der Waals surface area contributed by atoms with Crippen molar-refractivity contribution in [2.24, 2.45) is 0 Å². The van der Waals surface area contributed by atoms with Crippen molar-refractivity contribution in [1.82, 2.24) is 4.98 Å². The van der Waals surface area contributed by atoms with Gasteiger partial charge in [-0.05, 0) is 50.1 Å². The van der Waals surface area contributed by atoms with E-state index in [2.05, 4.69) is 17.6 Å². The summed E-state index contributed by atoms with van der Waals surface area (Å²) in [5.41, 5.74) is 2.61. The van der Waals surface area contributed by atoms with Crippen LogP contribution >= 0.6 is 12.6 Å². The number of H-pyrrole nitrogens is 1. The Kier molecular flexibility index (Phi) is 6.96. The van der Waals surface area contributed by atoms with Crippen LogP contribution in [0.3, 0.4) is 0 Å². The zero-order chi connectivity index (χ0) is 22.5. The van der Waals surface area contributed by atoms with Crippen molar-refractivity contribution in [2.45, 2.75) is 37.5 Å². The molecule has 8 nitrogen and oxygen atoms in total. The van der Waals surface area contributed by atoms with Gasteiger partial charge in [0.1, 0.15) is 11.5 Å². The molecule has 1 N–H and O–H groups in total. The van der Waals surface area contributed by atoms with Crippen molar-refractivity contribution in [2.75, 3.05) is 6.61 Å². The molecule has 0 saturated carbocycles. The molecule has 31 heavy (non-hydrogen) atoms. The average Bonchev–Trinajstić information content (AvgIpc) is 3.37. The fourth-order valence-corrected chi connectivity index (χ4v) is 3.69. The number of Topliss-reactive ketones (excluding diaryl/α,β-unsaturated/α-hetero) is 1. The number of rotatable bonds is 4. The van der Waals surface area contributed by atoms with Crippen molar-refractivity contribution >= 4 is 30.1 Å². The number of hydrogen-bond acceptors (Lipinski definition) is 7. The van der Waals surface area contributed by atoms with Gasteiger partial charge in [0.2, 0.25) is 0 Å². The zero-order valence-corrected chi connectivity index (χ0v) is 18.0. The van der Waals surface area contributed by atoms with Crippen molar-refractivity contribution < 1.29 is 23.7 Å². The van der Waals surface area contributed by atoms with Gasteiger partial charge >= 0.3 is 5.97 Å². The number of thiol groups is 1. The Labute approximate surface area is 184 Å². The molecule has 1 aliphatic carbocycles. The van der Waals surface area contributed by atoms with Crippen LogP contribution in [0.15, 0.2) is 52.0 Å². The van der Waals surface area contributed by atoms with Crippen LogP contribution in [0.5, 0.6) is 0 Å². The molecule has 3 aromatic rings. The Bertz CT molecular complexity index is 1090. The van der Waals surface area contributed by atoms with Crippen molar-refractivity contribution in [3.05, 3.63) is 81.1 Å². The maximum atomic E-state index is 12.4. The number of carbonyl (C=O) groups excluding carboxylic acids is 2. The standard InChI is InChI=1S/C16H17NO4.C6H5NO2S/c1-3-20-16(19)15-9(2)14-11(17-15)7-10(8-12(14)18)13-5-4-6-21-13;8-7(9)5-1-3-6(10)4-2-5/h4-6,10,17H,3,7-8H2,1-2H3;1-4,10H. The second-order valence-corrected chi connectivity index (χ2v) is 7.53. The lowest BCUT2D eigenvalue weighted by Gasteiger charge is -2.19. The molecule has 0 saturated heterocycles. The summed E-state index contributed by atoms with van der Waals surface area (Å²) < 4.78 is 10.4. The molecule has 0 aliphatic heterocycles. The third kappa shape index (κ3) is 5.05. The van der Waals surface area contributed by atoms with Gasteiger partial charge < -0.3 is 14.1 Å². The summed E-state index contributed by atoms with van der Waals surface area (Å²) in [4.78, 5) is 37.8. The lowest BCUT2D eigenvalue weighted by atomic mass is 9.84. The third-order valence-corrected chi connectivity index (χ3v) is 5.27. The van der Waals surface area contributed by atoms with Crippen LogP contribution in [0.25, 0.3) is 0 Å². The fourth-order valence-electron chi connectivity index (χ4n) is 3.54. The molecule has 0 bridgehead atoms. The van der Waals surface area contributed by atoms with Gasteiger partial charge in [-0.3, -0.25) is 14.9 Å². The number of nitrogens with one attached hydrogen (secondary N) is 1. The molecule has 0 spiro atoms. The highest BCUT2D eigenvalue weighted by Gasteiger charge is 2.33. The smallest absolute Gasteiger partial charge is 0.355 e. The van der Waals surface area contributed by atoms with Gasteiger partial charge in [-0.25, -0.2) is 4.79 Å². The number of nitro groups is 1. The first-order valence-electron chi connectivity index (χ1n) is 9.70. The van der Waals surface area contributed by atoms with E-state index in [0.717, 1.165) is 16.3 Å². The first kappa shape index (κ1) is 22.4. The van der Waals surface area contributed by atoms with E-state index in [-0.39, 0.29) is 17.4 Å². The van der Waals surface area contributed by atoms with E-state index in [1.165, 1.54) is 12.1 Å². The van der Waals surface area contributed by atoms with Crippen LogP contribution in [-0.2, 0) is 11.2 Å². The van der Waals surface area contributed by atoms with E-state index in [0.29, 0.717) is 36.3 Å². The number of ketones is 1. The molecule has 2 heterocycles. The van der Waals surface area contributed by atoms with Gasteiger partial charge in [-0.2, -0.15) is 0 Å². The van der Waals surface area contributed by atoms with E-state index in [1.807, 2.05) is 12.1 Å². The van der Waals surface area contributed by atoms with Crippen molar-refractivity contribution in [3.8, 4) is 0 Å². The van der Waals surface area contributed by atoms with Crippen LogP contribution < -0.4 is 0 Å². The van der Waals surface area contributed by atoms with E-state index in [4.69, 9.17) is 9.15 Å². The topological polar surface area (TPSA) is 115 Å². The molecule has 1 unspecified atom stereocenters. The maximum Gasteiger partial charge on any atom is 0.355 e. The summed E-state index contributed by atoms with van der Waals surface area (Å²) in [7, 11) is 0. The number of furan rings is 1. The van der Waals surface area contributed by atoms with E-state index in [9.17, 15) is 19.7 Å². The highest BCUT2D eigenvalue weighted by atomic mass is 32.1. The highest BCUT2D eigenvalue weighted by Crippen LogP contribution is 2.35. The number of nitro benzene ring substituents is 1. The van der Waals surface area contributed by atoms with Gasteiger partial charge in [-0.15, -0.1) is 12.6 Å². The molecule has 0 amide bonds. The number of hydrogen-bond donors (Lipinski definition) is 2. The molecule has 1 aliphatic rings. The van der Waals surface area contributed by atoms with Crippen molar-refractivity contribution in [3.63, 3.8) is 0 Å². The average molecular weight is 442 g/mol. The number of non-ortho nitro benzene ring substituents is 1. The number of fused-ring (bicyclic) bond motifs is 1. The Hall–Kier alpha value is -3.33. The minimum Gasteiger partial charge on any atom is -0.469 e. The summed E-state index contributed by atoms with van der Waals surface area (Å²) in [6.45, 7) is 3.85. The second kappa shape index (κ2) is 9.65. The fraction of sp³-hybridized carbons (Fsp3) is 0.273. The SMILES string of the molecule is CCOC(=O)c1[nH]c2c(c1C)C(=O)CC(c1ccco1)C2.O=[N+]([O-])c1ccc(S)cc1. The summed E-state index contributed by atoms with van der Waals surface area (Å²) >= 11 is 3.98. The number of benzene rings is 1. The Morgan fingerprint density at radius 3 is 2.58 bits per heavy atom. The molecular weight excluding hydrogens is 420 g/mol. The quantitative estimate of drug-likeness (QED) is 0.257. The van der Waals surface area contributed by atoms with Gasteiger partial charge in [-0.1, -0.05) is 0 Å². The maximum absolute atomic E-state index is 12.4. The number of aromatic amines is 1. The predicted octanol–water partition coefficient (Wildman–Crippen LogP) is 4.89. The summed E-state index contributed by atoms with van der Waals surface area (Å²) in [6.07, 6.45) is 2.68. The first-order chi connectivity index (χ1) is 14.8. The Balaban J connectivity index is 0.000000229. The van der Waals surface area contributed by atoms with Crippen LogP contribution in [0, 0.1) is 17.0 Å². The monoisotopic (exact) mass is 442 g/mol. The Morgan fingerprint density at radius 1 is 1.29 bits per heavy atom. The highest BCUT2D eigenvalue weighted by molar-refractivity contribution is 7.80. The first-order valence-corrected chi connectivity index (χ1v) is 10.1. The molecule has 162 valence electrons. The van der Waals surface area contributed by atoms with Crippen LogP contribution in [0.1, 0.15) is 57.1 Å². The Morgan fingerprint density at radius 2 is 2.00 bits per heavy atom. The third-order valence-electron chi connectivity index (χ3n) is 4.97. The summed E-state index contributed by atoms with van der Waals surface area (Å²) in [6, 6.07) is 9.71. The molecule has 0 fully saturated rings. The molecule has 1 aromatic carbocycles. The molecule has 9 heteroatoms. The number of carbonyl (C=O) groups is 2. The normalized spacial score (nSPS) is 14.9. The van der Waals surface area contributed by atoms with E-state index >= 15 is 0 Å². The number of ether oxygens (including phenoxy) is 1. The largest absolute Gasteiger partial charge is 0.469 e. The predicted molar refractivity (Wildman–Crippen MR) is 116 cm³/mol. The number of aromatic nitrogens is 1. The molecular formula is C22H22N2O6S. The van der Waals surface area contributed by atoms with Crippen LogP contribution in [0.4, 0.5) is 5.69 Å². The van der Waals surface area contributed by atoms with Gasteiger partial charge in [0.25, 0.3) is 5.69 Å². The summed E-state index contributed by atoms with van der Waals surface area (Å²) in [5, 5.41) is 10.1. The molecule has 1 atom stereocenters. The van der Waals surface area contributed by atoms with Gasteiger partial charge in [0.15, 0.2) is 5.78 Å². The number of esters is 1. The van der Waals surface area contributed by atoms with E-state index in [1.54, 1.807) is 32.2 Å². The van der Waals surface area contributed by atoms with E-state index < -0.39 is 10.9 Å². The molecule has 4 rings (SSSR count). The summed E-state index contributed by atoms with van der Waals surface area (Å²) in [5.74, 6) is 0.459. The minimum atomic E-state index is -0.437. The zero-order valence-electron chi connectivity index (χ0n) is 17.1. The lowest BCUT2D eigenvalue weighted by Crippen LogP contribution is -2.18. The van der Waals surface area contributed by atoms with Crippen LogP contribution in [0.2, 0.25) is 0 Å². The van der Waals surface area contributed by atoms with Crippen LogP contribution in [-0.4, -0.2) is 28.3 Å². The second-order valence-electron chi connectivity index (χ2n) is 7.02.